The third-order valence-corrected chi connectivity index (χ3v) is 5.12. The Morgan fingerprint density at radius 2 is 1.64 bits per heavy atom. The molecule has 1 atom stereocenters. The van der Waals surface area contributed by atoms with Gasteiger partial charge >= 0.3 is 0 Å². The Bertz CT molecular complexity index is 1010. The second kappa shape index (κ2) is 8.90. The van der Waals surface area contributed by atoms with Crippen molar-refractivity contribution in [2.75, 3.05) is 0 Å². The van der Waals surface area contributed by atoms with Crippen molar-refractivity contribution in [2.45, 2.75) is 26.8 Å². The maximum Gasteiger partial charge on any atom is 0.252 e. The van der Waals surface area contributed by atoms with E-state index in [0.29, 0.717) is 10.6 Å². The number of hydrogen-bond donors (Lipinski definition) is 1. The number of amides is 1. The molecule has 3 heteroatoms. The molecular formula is C25H24ClNO. The molecule has 3 rings (SSSR count). The normalized spacial score (nSPS) is 12.5. The van der Waals surface area contributed by atoms with Gasteiger partial charge in [0.15, 0.2) is 0 Å². The van der Waals surface area contributed by atoms with Crippen LogP contribution in [0.3, 0.4) is 0 Å². The van der Waals surface area contributed by atoms with Gasteiger partial charge in [0.1, 0.15) is 0 Å². The van der Waals surface area contributed by atoms with Crippen molar-refractivity contribution in [3.63, 3.8) is 0 Å². The van der Waals surface area contributed by atoms with E-state index in [0.717, 1.165) is 16.7 Å². The van der Waals surface area contributed by atoms with Gasteiger partial charge < -0.3 is 5.32 Å². The molecule has 0 saturated heterocycles. The third-order valence-electron chi connectivity index (χ3n) is 4.77. The molecule has 1 unspecified atom stereocenters. The number of rotatable bonds is 5. The fourth-order valence-corrected chi connectivity index (χ4v) is 3.50. The lowest BCUT2D eigenvalue weighted by molar-refractivity contribution is -0.116. The van der Waals surface area contributed by atoms with Crippen LogP contribution in [-0.2, 0) is 4.79 Å². The SMILES string of the molecule is Cc1ccc(C(C)NC(=O)/C(=C/c2ccccc2Cl)c2ccccc2)c(C)c1. The highest BCUT2D eigenvalue weighted by molar-refractivity contribution is 6.33. The number of nitrogens with one attached hydrogen (secondary N) is 1. The highest BCUT2D eigenvalue weighted by Gasteiger charge is 2.17. The summed E-state index contributed by atoms with van der Waals surface area (Å²) in [6.07, 6.45) is 1.85. The van der Waals surface area contributed by atoms with Crippen molar-refractivity contribution in [1.82, 2.24) is 5.32 Å². The first-order valence-corrected chi connectivity index (χ1v) is 9.73. The monoisotopic (exact) mass is 389 g/mol. The molecule has 3 aromatic rings. The molecule has 2 nitrogen and oxygen atoms in total. The molecule has 1 N–H and O–H groups in total. The van der Waals surface area contributed by atoms with Gasteiger partial charge in [-0.2, -0.15) is 0 Å². The molecule has 0 heterocycles. The predicted octanol–water partition coefficient (Wildman–Crippen LogP) is 6.37. The number of halogens is 1. The molecule has 0 aromatic heterocycles. The van der Waals surface area contributed by atoms with Gasteiger partial charge in [0.2, 0.25) is 0 Å². The number of carbonyl (C=O) groups is 1. The van der Waals surface area contributed by atoms with E-state index in [1.165, 1.54) is 11.1 Å². The molecule has 0 spiro atoms. The van der Waals surface area contributed by atoms with E-state index < -0.39 is 0 Å². The number of carbonyl (C=O) groups excluding carboxylic acids is 1. The molecule has 0 aliphatic carbocycles. The zero-order valence-corrected chi connectivity index (χ0v) is 17.1. The smallest absolute Gasteiger partial charge is 0.252 e. The van der Waals surface area contributed by atoms with Gasteiger partial charge in [-0.15, -0.1) is 0 Å². The Labute approximate surface area is 171 Å². The van der Waals surface area contributed by atoms with Crippen LogP contribution < -0.4 is 5.32 Å². The van der Waals surface area contributed by atoms with Crippen LogP contribution in [0.5, 0.6) is 0 Å². The molecule has 0 fully saturated rings. The summed E-state index contributed by atoms with van der Waals surface area (Å²) in [5, 5.41) is 3.76. The predicted molar refractivity (Wildman–Crippen MR) is 118 cm³/mol. The number of aryl methyl sites for hydroxylation is 2. The van der Waals surface area contributed by atoms with Crippen LogP contribution in [0.1, 0.15) is 40.8 Å². The maximum absolute atomic E-state index is 13.2. The first-order chi connectivity index (χ1) is 13.5. The van der Waals surface area contributed by atoms with Crippen LogP contribution in [0, 0.1) is 13.8 Å². The fourth-order valence-electron chi connectivity index (χ4n) is 3.31. The molecule has 0 aliphatic heterocycles. The first kappa shape index (κ1) is 19.9. The van der Waals surface area contributed by atoms with Crippen molar-refractivity contribution in [3.8, 4) is 0 Å². The second-order valence-electron chi connectivity index (χ2n) is 7.00. The van der Waals surface area contributed by atoms with Gasteiger partial charge in [-0.1, -0.05) is 83.9 Å². The van der Waals surface area contributed by atoms with Crippen molar-refractivity contribution >= 4 is 29.2 Å². The van der Waals surface area contributed by atoms with Crippen LogP contribution in [0.4, 0.5) is 0 Å². The second-order valence-corrected chi connectivity index (χ2v) is 7.41. The van der Waals surface area contributed by atoms with E-state index in [1.807, 2.05) is 67.6 Å². The minimum absolute atomic E-state index is 0.105. The zero-order valence-electron chi connectivity index (χ0n) is 16.4. The Kier molecular flexibility index (Phi) is 6.33. The van der Waals surface area contributed by atoms with E-state index in [4.69, 9.17) is 11.6 Å². The Morgan fingerprint density at radius 3 is 2.32 bits per heavy atom. The molecule has 0 aliphatic rings. The summed E-state index contributed by atoms with van der Waals surface area (Å²) >= 11 is 6.32. The fraction of sp³-hybridized carbons (Fsp3) is 0.160. The number of benzene rings is 3. The van der Waals surface area contributed by atoms with Crippen LogP contribution >= 0.6 is 11.6 Å². The van der Waals surface area contributed by atoms with Crippen molar-refractivity contribution < 1.29 is 4.79 Å². The van der Waals surface area contributed by atoms with Crippen LogP contribution in [0.2, 0.25) is 5.02 Å². The molecule has 0 bridgehead atoms. The topological polar surface area (TPSA) is 29.1 Å². The highest BCUT2D eigenvalue weighted by Crippen LogP contribution is 2.25. The minimum Gasteiger partial charge on any atom is -0.345 e. The van der Waals surface area contributed by atoms with E-state index >= 15 is 0 Å². The summed E-state index contributed by atoms with van der Waals surface area (Å²) in [5.41, 5.74) is 5.76. The van der Waals surface area contributed by atoms with Gasteiger partial charge in [-0.05, 0) is 55.2 Å². The van der Waals surface area contributed by atoms with Crippen LogP contribution in [0.15, 0.2) is 72.8 Å². The Morgan fingerprint density at radius 1 is 0.964 bits per heavy atom. The first-order valence-electron chi connectivity index (χ1n) is 9.35. The van der Waals surface area contributed by atoms with E-state index in [2.05, 4.69) is 37.4 Å². The lowest BCUT2D eigenvalue weighted by Crippen LogP contribution is -2.28. The number of hydrogen-bond acceptors (Lipinski definition) is 1. The van der Waals surface area contributed by atoms with Crippen molar-refractivity contribution in [3.05, 3.63) is 106 Å². The third kappa shape index (κ3) is 4.71. The summed E-state index contributed by atoms with van der Waals surface area (Å²) in [7, 11) is 0. The van der Waals surface area contributed by atoms with Gasteiger partial charge in [-0.3, -0.25) is 4.79 Å². The standard InChI is InChI=1S/C25H24ClNO/c1-17-13-14-22(18(2)15-17)19(3)27-25(28)23(20-9-5-4-6-10-20)16-21-11-7-8-12-24(21)26/h4-16,19H,1-3H3,(H,27,28)/b23-16+. The Balaban J connectivity index is 1.94. The van der Waals surface area contributed by atoms with Gasteiger partial charge in [0.05, 0.1) is 6.04 Å². The van der Waals surface area contributed by atoms with Crippen LogP contribution in [-0.4, -0.2) is 5.91 Å². The van der Waals surface area contributed by atoms with E-state index in [-0.39, 0.29) is 11.9 Å². The molecule has 142 valence electrons. The van der Waals surface area contributed by atoms with Gasteiger partial charge in [-0.25, -0.2) is 0 Å². The highest BCUT2D eigenvalue weighted by atomic mass is 35.5. The lowest BCUT2D eigenvalue weighted by atomic mass is 9.98. The molecular weight excluding hydrogens is 366 g/mol. The van der Waals surface area contributed by atoms with E-state index in [9.17, 15) is 4.79 Å². The quantitative estimate of drug-likeness (QED) is 0.398. The zero-order chi connectivity index (χ0) is 20.1. The van der Waals surface area contributed by atoms with Crippen LogP contribution in [0.25, 0.3) is 11.6 Å². The lowest BCUT2D eigenvalue weighted by Gasteiger charge is -2.18. The summed E-state index contributed by atoms with van der Waals surface area (Å²) in [6.45, 7) is 6.15. The Hall–Kier alpha value is -2.84. The van der Waals surface area contributed by atoms with Crippen molar-refractivity contribution in [2.24, 2.45) is 0 Å². The molecule has 3 aromatic carbocycles. The molecule has 28 heavy (non-hydrogen) atoms. The van der Waals surface area contributed by atoms with Crippen molar-refractivity contribution in [1.29, 1.82) is 0 Å². The van der Waals surface area contributed by atoms with Gasteiger partial charge in [0.25, 0.3) is 5.91 Å². The summed E-state index contributed by atoms with van der Waals surface area (Å²) in [5.74, 6) is -0.126. The molecule has 1 amide bonds. The average molecular weight is 390 g/mol. The average Bonchev–Trinajstić information content (AvgIpc) is 2.67. The molecule has 0 saturated carbocycles. The maximum atomic E-state index is 13.2. The molecule has 0 radical (unpaired) electrons. The summed E-state index contributed by atoms with van der Waals surface area (Å²) in [6, 6.07) is 23.4. The minimum atomic E-state index is -0.126. The summed E-state index contributed by atoms with van der Waals surface area (Å²) < 4.78 is 0. The largest absolute Gasteiger partial charge is 0.345 e. The van der Waals surface area contributed by atoms with E-state index in [1.54, 1.807) is 0 Å². The van der Waals surface area contributed by atoms with Gasteiger partial charge in [0, 0.05) is 10.6 Å². The summed E-state index contributed by atoms with van der Waals surface area (Å²) in [4.78, 5) is 13.2.